The van der Waals surface area contributed by atoms with Crippen molar-refractivity contribution in [3.63, 3.8) is 0 Å². The van der Waals surface area contributed by atoms with Gasteiger partial charge in [-0.3, -0.25) is 14.4 Å². The Kier molecular flexibility index (Phi) is 10.1. The van der Waals surface area contributed by atoms with Gasteiger partial charge in [0.25, 0.3) is 11.8 Å². The maximum absolute atomic E-state index is 13.3. The molecular formula is C32H27N3O6S. The number of thioether (sulfide) groups is 1. The molecule has 0 aliphatic rings. The topological polar surface area (TPSA) is 134 Å². The molecule has 0 heterocycles. The van der Waals surface area contributed by atoms with Crippen LogP contribution in [0.3, 0.4) is 0 Å². The molecular weight excluding hydrogens is 554 g/mol. The highest BCUT2D eigenvalue weighted by Gasteiger charge is 2.15. The largest absolute Gasteiger partial charge is 0.497 e. The van der Waals surface area contributed by atoms with Crippen LogP contribution in [-0.2, 0) is 9.59 Å². The van der Waals surface area contributed by atoms with E-state index in [9.17, 15) is 19.2 Å². The van der Waals surface area contributed by atoms with Crippen molar-refractivity contribution in [2.45, 2.75) is 4.90 Å². The molecule has 3 amide bonds. The number of hydrogen-bond donors (Lipinski definition) is 4. The summed E-state index contributed by atoms with van der Waals surface area (Å²) in [4.78, 5) is 50.4. The van der Waals surface area contributed by atoms with Gasteiger partial charge in [0.1, 0.15) is 11.4 Å². The van der Waals surface area contributed by atoms with Crippen LogP contribution in [0.5, 0.6) is 5.75 Å². The van der Waals surface area contributed by atoms with Crippen molar-refractivity contribution in [3.8, 4) is 5.75 Å². The Bertz CT molecular complexity index is 1620. The number of anilines is 2. The quantitative estimate of drug-likeness (QED) is 0.135. The van der Waals surface area contributed by atoms with Crippen molar-refractivity contribution in [2.24, 2.45) is 0 Å². The van der Waals surface area contributed by atoms with E-state index in [0.717, 1.165) is 4.90 Å². The molecule has 0 fully saturated rings. The minimum atomic E-state index is -1.07. The third-order valence-electron chi connectivity index (χ3n) is 5.81. The number of carboxylic acids is 1. The molecule has 4 rings (SSSR count). The summed E-state index contributed by atoms with van der Waals surface area (Å²) >= 11 is 1.28. The van der Waals surface area contributed by atoms with E-state index in [4.69, 9.17) is 9.84 Å². The van der Waals surface area contributed by atoms with Crippen LogP contribution in [0, 0.1) is 0 Å². The third kappa shape index (κ3) is 8.57. The number of carbonyl (C=O) groups excluding carboxylic acids is 3. The zero-order valence-electron chi connectivity index (χ0n) is 22.5. The molecule has 0 atom stereocenters. The highest BCUT2D eigenvalue weighted by Crippen LogP contribution is 2.22. The third-order valence-corrected chi connectivity index (χ3v) is 6.82. The molecule has 4 aromatic rings. The van der Waals surface area contributed by atoms with E-state index in [1.54, 1.807) is 104 Å². The lowest BCUT2D eigenvalue weighted by Gasteiger charge is -2.12. The highest BCUT2D eigenvalue weighted by molar-refractivity contribution is 8.00. The predicted octanol–water partition coefficient (Wildman–Crippen LogP) is 5.53. The fourth-order valence-electron chi connectivity index (χ4n) is 3.75. The Hall–Kier alpha value is -5.35. The first-order valence-corrected chi connectivity index (χ1v) is 13.7. The maximum atomic E-state index is 13.3. The van der Waals surface area contributed by atoms with E-state index in [1.807, 2.05) is 0 Å². The monoisotopic (exact) mass is 581 g/mol. The van der Waals surface area contributed by atoms with Gasteiger partial charge in [0.2, 0.25) is 5.91 Å². The van der Waals surface area contributed by atoms with Crippen molar-refractivity contribution >= 4 is 52.9 Å². The average molecular weight is 582 g/mol. The summed E-state index contributed by atoms with van der Waals surface area (Å²) in [5.41, 5.74) is 2.08. The fraction of sp³-hybridized carbons (Fsp3) is 0.0625. The lowest BCUT2D eigenvalue weighted by Crippen LogP contribution is -2.30. The van der Waals surface area contributed by atoms with E-state index in [-0.39, 0.29) is 22.9 Å². The molecule has 0 saturated carbocycles. The van der Waals surface area contributed by atoms with E-state index in [1.165, 1.54) is 23.9 Å². The SMILES string of the molecule is COc1cccc(/C=C(\NC(=O)c2ccccc2)C(=O)Nc2ccc(SCC(=O)Nc3cccc(C(=O)O)c3)cc2)c1. The molecule has 212 valence electrons. The zero-order chi connectivity index (χ0) is 29.9. The second kappa shape index (κ2) is 14.3. The van der Waals surface area contributed by atoms with Gasteiger partial charge >= 0.3 is 5.97 Å². The van der Waals surface area contributed by atoms with Gasteiger partial charge in [0, 0.05) is 21.8 Å². The summed E-state index contributed by atoms with van der Waals surface area (Å²) in [6.07, 6.45) is 1.56. The number of ether oxygens (including phenoxy) is 1. The highest BCUT2D eigenvalue weighted by atomic mass is 32.2. The first-order chi connectivity index (χ1) is 20.3. The normalized spacial score (nSPS) is 10.8. The summed E-state index contributed by atoms with van der Waals surface area (Å²) in [5, 5.41) is 17.3. The molecule has 0 spiro atoms. The number of carbonyl (C=O) groups is 4. The summed E-state index contributed by atoms with van der Waals surface area (Å²) in [7, 11) is 1.54. The summed E-state index contributed by atoms with van der Waals surface area (Å²) < 4.78 is 5.27. The Morgan fingerprint density at radius 1 is 0.786 bits per heavy atom. The van der Waals surface area contributed by atoms with Gasteiger partial charge in [-0.25, -0.2) is 4.79 Å². The number of carboxylic acid groups (broad SMARTS) is 1. The van der Waals surface area contributed by atoms with Gasteiger partial charge in [-0.2, -0.15) is 0 Å². The van der Waals surface area contributed by atoms with Crippen LogP contribution in [0.1, 0.15) is 26.3 Å². The molecule has 4 aromatic carbocycles. The van der Waals surface area contributed by atoms with Crippen LogP contribution in [0.2, 0.25) is 0 Å². The Morgan fingerprint density at radius 2 is 1.50 bits per heavy atom. The molecule has 9 nitrogen and oxygen atoms in total. The molecule has 0 aliphatic heterocycles. The lowest BCUT2D eigenvalue weighted by molar-refractivity contribution is -0.114. The van der Waals surface area contributed by atoms with Crippen LogP contribution in [0.4, 0.5) is 11.4 Å². The standard InChI is InChI=1S/C32H27N3O6S/c1-41-26-12-5-7-21(17-26)18-28(35-30(37)22-8-3-2-4-9-22)31(38)34-24-13-15-27(16-14-24)42-20-29(36)33-25-11-6-10-23(19-25)32(39)40/h2-19H,20H2,1H3,(H,33,36)(H,34,38)(H,35,37)(H,39,40)/b28-18-. The van der Waals surface area contributed by atoms with Gasteiger partial charge in [0.15, 0.2) is 0 Å². The molecule has 0 aromatic heterocycles. The number of benzene rings is 4. The molecule has 0 unspecified atom stereocenters. The summed E-state index contributed by atoms with van der Waals surface area (Å²) in [6.45, 7) is 0. The van der Waals surface area contributed by atoms with Crippen LogP contribution >= 0.6 is 11.8 Å². The zero-order valence-corrected chi connectivity index (χ0v) is 23.3. The molecule has 0 radical (unpaired) electrons. The minimum Gasteiger partial charge on any atom is -0.497 e. The van der Waals surface area contributed by atoms with Gasteiger partial charge in [-0.1, -0.05) is 36.4 Å². The van der Waals surface area contributed by atoms with Crippen LogP contribution < -0.4 is 20.7 Å². The van der Waals surface area contributed by atoms with E-state index in [2.05, 4.69) is 16.0 Å². The molecule has 42 heavy (non-hydrogen) atoms. The van der Waals surface area contributed by atoms with Crippen LogP contribution in [-0.4, -0.2) is 41.7 Å². The first-order valence-electron chi connectivity index (χ1n) is 12.7. The average Bonchev–Trinajstić information content (AvgIpc) is 3.01. The Balaban J connectivity index is 1.40. The van der Waals surface area contributed by atoms with Crippen molar-refractivity contribution < 1.29 is 29.0 Å². The molecule has 0 aliphatic carbocycles. The smallest absolute Gasteiger partial charge is 0.335 e. The van der Waals surface area contributed by atoms with E-state index in [0.29, 0.717) is 28.3 Å². The van der Waals surface area contributed by atoms with Crippen molar-refractivity contribution in [1.82, 2.24) is 5.32 Å². The number of hydrogen-bond acceptors (Lipinski definition) is 6. The van der Waals surface area contributed by atoms with Crippen molar-refractivity contribution in [1.29, 1.82) is 0 Å². The van der Waals surface area contributed by atoms with Gasteiger partial charge in [-0.05, 0) is 78.4 Å². The summed E-state index contributed by atoms with van der Waals surface area (Å²) in [6, 6.07) is 28.6. The number of rotatable bonds is 11. The lowest BCUT2D eigenvalue weighted by atomic mass is 10.1. The van der Waals surface area contributed by atoms with Crippen molar-refractivity contribution in [2.75, 3.05) is 23.5 Å². The second-order valence-electron chi connectivity index (χ2n) is 8.86. The van der Waals surface area contributed by atoms with Gasteiger partial charge in [-0.15, -0.1) is 11.8 Å². The van der Waals surface area contributed by atoms with Crippen molar-refractivity contribution in [3.05, 3.63) is 126 Å². The van der Waals surface area contributed by atoms with E-state index >= 15 is 0 Å². The molecule has 0 bridgehead atoms. The number of aromatic carboxylic acids is 1. The maximum Gasteiger partial charge on any atom is 0.335 e. The van der Waals surface area contributed by atoms with E-state index < -0.39 is 17.8 Å². The fourth-order valence-corrected chi connectivity index (χ4v) is 4.45. The Morgan fingerprint density at radius 3 is 2.21 bits per heavy atom. The van der Waals surface area contributed by atoms with Crippen LogP contribution in [0.25, 0.3) is 6.08 Å². The number of nitrogens with one attached hydrogen (secondary N) is 3. The predicted molar refractivity (Wildman–Crippen MR) is 163 cm³/mol. The van der Waals surface area contributed by atoms with Gasteiger partial charge in [0.05, 0.1) is 18.4 Å². The molecule has 0 saturated heterocycles. The van der Waals surface area contributed by atoms with Crippen LogP contribution in [0.15, 0.2) is 114 Å². The minimum absolute atomic E-state index is 0.0409. The molecule has 10 heteroatoms. The second-order valence-corrected chi connectivity index (χ2v) is 9.90. The number of methoxy groups -OCH3 is 1. The first kappa shape index (κ1) is 29.6. The summed E-state index contributed by atoms with van der Waals surface area (Å²) in [5.74, 6) is -1.61. The number of amides is 3. The Labute approximate surface area is 246 Å². The van der Waals surface area contributed by atoms with Gasteiger partial charge < -0.3 is 25.8 Å². The molecule has 4 N–H and O–H groups in total.